The van der Waals surface area contributed by atoms with Crippen molar-refractivity contribution in [3.8, 4) is 0 Å². The minimum atomic E-state index is -0.147. The first-order chi connectivity index (χ1) is 6.11. The normalized spacial score (nSPS) is 11.2. The fraction of sp³-hybridized carbons (Fsp3) is 0.400. The number of benzene rings is 1. The Labute approximate surface area is 82.1 Å². The van der Waals surface area contributed by atoms with E-state index in [-0.39, 0.29) is 5.82 Å². The van der Waals surface area contributed by atoms with Gasteiger partial charge in [-0.3, -0.25) is 0 Å². The van der Waals surface area contributed by atoms with Gasteiger partial charge in [0.2, 0.25) is 0 Å². The molecule has 13 heavy (non-hydrogen) atoms. The van der Waals surface area contributed by atoms with E-state index < -0.39 is 0 Å². The zero-order valence-electron chi connectivity index (χ0n) is 7.92. The molecule has 0 atom stereocenters. The Morgan fingerprint density at radius 2 is 2.00 bits per heavy atom. The van der Waals surface area contributed by atoms with Crippen molar-refractivity contribution in [1.29, 1.82) is 0 Å². The van der Waals surface area contributed by atoms with Crippen molar-refractivity contribution in [3.63, 3.8) is 0 Å². The molecule has 0 amide bonds. The molecule has 0 aliphatic heterocycles. The monoisotopic (exact) mass is 194 g/mol. The number of halogens is 1. The fourth-order valence-corrected chi connectivity index (χ4v) is 1.16. The molecule has 0 aromatic heterocycles. The van der Waals surface area contributed by atoms with Crippen molar-refractivity contribution in [2.75, 3.05) is 0 Å². The topological polar surface area (TPSA) is 3.24 Å². The van der Waals surface area contributed by atoms with Crippen LogP contribution in [0.5, 0.6) is 0 Å². The first-order valence-corrected chi connectivity index (χ1v) is 4.77. The zero-order chi connectivity index (χ0) is 9.84. The summed E-state index contributed by atoms with van der Waals surface area (Å²) in [7, 11) is 3.43. The lowest BCUT2D eigenvalue weighted by Gasteiger charge is -2.20. The Morgan fingerprint density at radius 3 is 2.54 bits per heavy atom. The highest BCUT2D eigenvalue weighted by atomic mass is 28.2. The van der Waals surface area contributed by atoms with Crippen LogP contribution < -0.4 is 0 Å². The van der Waals surface area contributed by atoms with E-state index in [2.05, 4.69) is 10.4 Å². The van der Waals surface area contributed by atoms with E-state index in [1.54, 1.807) is 12.1 Å². The predicted octanol–water partition coefficient (Wildman–Crippen LogP) is 2.12. The van der Waals surface area contributed by atoms with Crippen molar-refractivity contribution in [2.24, 2.45) is 0 Å². The van der Waals surface area contributed by atoms with Gasteiger partial charge in [0.25, 0.3) is 0 Å². The van der Waals surface area contributed by atoms with E-state index >= 15 is 0 Å². The standard InChI is InChI=1S/C10H13FNSi/c1-8(2)12(13)7-9-5-3-4-6-10(9)11/h3-6,8H,7H2,1-2H3. The zero-order valence-corrected chi connectivity index (χ0v) is 8.92. The average molecular weight is 194 g/mol. The highest BCUT2D eigenvalue weighted by Crippen LogP contribution is 2.09. The second-order valence-electron chi connectivity index (χ2n) is 3.31. The van der Waals surface area contributed by atoms with Gasteiger partial charge in [-0.2, -0.15) is 0 Å². The minimum absolute atomic E-state index is 0.147. The summed E-state index contributed by atoms with van der Waals surface area (Å²) in [6, 6.07) is 7.18. The summed E-state index contributed by atoms with van der Waals surface area (Å²) >= 11 is 0. The molecule has 0 aliphatic carbocycles. The van der Waals surface area contributed by atoms with Crippen molar-refractivity contribution in [2.45, 2.75) is 26.4 Å². The lowest BCUT2D eigenvalue weighted by molar-refractivity contribution is 0.367. The summed E-state index contributed by atoms with van der Waals surface area (Å²) in [4.78, 5) is 0. The Balaban J connectivity index is 2.69. The summed E-state index contributed by atoms with van der Waals surface area (Å²) < 4.78 is 15.1. The number of rotatable bonds is 3. The van der Waals surface area contributed by atoms with Crippen LogP contribution in [-0.4, -0.2) is 21.0 Å². The molecule has 69 valence electrons. The van der Waals surface area contributed by atoms with Gasteiger partial charge in [0.1, 0.15) is 16.2 Å². The first kappa shape index (κ1) is 10.4. The van der Waals surface area contributed by atoms with Crippen LogP contribution in [0.2, 0.25) is 0 Å². The van der Waals surface area contributed by atoms with Crippen molar-refractivity contribution in [3.05, 3.63) is 35.6 Å². The first-order valence-electron chi connectivity index (χ1n) is 4.32. The molecule has 0 aliphatic rings. The van der Waals surface area contributed by atoms with Crippen molar-refractivity contribution < 1.29 is 4.39 Å². The van der Waals surface area contributed by atoms with E-state index in [0.29, 0.717) is 18.2 Å². The molecule has 0 spiro atoms. The third-order valence-electron chi connectivity index (χ3n) is 1.92. The second-order valence-corrected chi connectivity index (χ2v) is 3.89. The Kier molecular flexibility index (Phi) is 3.63. The molecule has 1 nitrogen and oxygen atoms in total. The van der Waals surface area contributed by atoms with Gasteiger partial charge in [-0.15, -0.1) is 0 Å². The molecule has 0 bridgehead atoms. The minimum Gasteiger partial charge on any atom is -0.320 e. The summed E-state index contributed by atoms with van der Waals surface area (Å²) in [6.45, 7) is 4.68. The molecule has 1 rings (SSSR count). The van der Waals surface area contributed by atoms with Crippen LogP contribution >= 0.6 is 0 Å². The molecular weight excluding hydrogens is 181 g/mol. The van der Waals surface area contributed by atoms with Crippen LogP contribution in [0, 0.1) is 5.82 Å². The summed E-state index contributed by atoms with van der Waals surface area (Å²) in [5.41, 5.74) is 0.714. The van der Waals surface area contributed by atoms with Gasteiger partial charge in [-0.05, 0) is 12.1 Å². The molecular formula is C10H13FNSi. The molecule has 0 fully saturated rings. The van der Waals surface area contributed by atoms with Crippen molar-refractivity contribution in [1.82, 2.24) is 4.57 Å². The van der Waals surface area contributed by atoms with Gasteiger partial charge in [-0.1, -0.05) is 32.0 Å². The van der Waals surface area contributed by atoms with Gasteiger partial charge in [0.15, 0.2) is 0 Å². The summed E-state index contributed by atoms with van der Waals surface area (Å²) in [6.07, 6.45) is 0. The average Bonchev–Trinajstić information content (AvgIpc) is 2.08. The quantitative estimate of drug-likeness (QED) is 0.666. The van der Waals surface area contributed by atoms with Gasteiger partial charge < -0.3 is 4.57 Å². The highest BCUT2D eigenvalue weighted by Gasteiger charge is 2.06. The summed E-state index contributed by atoms with van der Waals surface area (Å²) in [5, 5.41) is 0. The molecule has 0 unspecified atom stereocenters. The fourth-order valence-electron chi connectivity index (χ4n) is 0.993. The van der Waals surface area contributed by atoms with Gasteiger partial charge >= 0.3 is 0 Å². The van der Waals surface area contributed by atoms with Crippen LogP contribution in [-0.2, 0) is 6.54 Å². The van der Waals surface area contributed by atoms with E-state index in [4.69, 9.17) is 0 Å². The number of hydrogen-bond donors (Lipinski definition) is 0. The van der Waals surface area contributed by atoms with Crippen LogP contribution in [0.25, 0.3) is 0 Å². The second kappa shape index (κ2) is 4.53. The van der Waals surface area contributed by atoms with E-state index in [1.807, 2.05) is 24.5 Å². The lowest BCUT2D eigenvalue weighted by atomic mass is 10.2. The maximum atomic E-state index is 13.2. The van der Waals surface area contributed by atoms with E-state index in [0.717, 1.165) is 0 Å². The highest BCUT2D eigenvalue weighted by molar-refractivity contribution is 6.04. The van der Waals surface area contributed by atoms with E-state index in [1.165, 1.54) is 6.07 Å². The Hall–Kier alpha value is -0.673. The van der Waals surface area contributed by atoms with Crippen molar-refractivity contribution >= 4 is 10.4 Å². The number of hydrogen-bond acceptors (Lipinski definition) is 1. The predicted molar refractivity (Wildman–Crippen MR) is 52.8 cm³/mol. The lowest BCUT2D eigenvalue weighted by Crippen LogP contribution is -2.27. The van der Waals surface area contributed by atoms with Gasteiger partial charge in [-0.25, -0.2) is 4.39 Å². The molecule has 0 saturated heterocycles. The van der Waals surface area contributed by atoms with Crippen LogP contribution in [0.1, 0.15) is 19.4 Å². The van der Waals surface area contributed by atoms with Gasteiger partial charge in [0.05, 0.1) is 0 Å². The molecule has 1 aromatic rings. The molecule has 0 heterocycles. The van der Waals surface area contributed by atoms with Crippen LogP contribution in [0.3, 0.4) is 0 Å². The number of nitrogens with zero attached hydrogens (tertiary/aromatic N) is 1. The maximum Gasteiger partial charge on any atom is 0.144 e. The van der Waals surface area contributed by atoms with Crippen LogP contribution in [0.15, 0.2) is 24.3 Å². The molecule has 0 N–H and O–H groups in total. The van der Waals surface area contributed by atoms with E-state index in [9.17, 15) is 4.39 Å². The smallest absolute Gasteiger partial charge is 0.144 e. The molecule has 3 radical (unpaired) electrons. The summed E-state index contributed by atoms with van der Waals surface area (Å²) in [5.74, 6) is -0.147. The third kappa shape index (κ3) is 2.93. The Bertz CT molecular complexity index is 275. The molecule has 0 saturated carbocycles. The largest absolute Gasteiger partial charge is 0.320 e. The maximum absolute atomic E-state index is 13.2. The SMILES string of the molecule is CC(C)N([Si])Cc1ccccc1F. The van der Waals surface area contributed by atoms with Crippen LogP contribution in [0.4, 0.5) is 4.39 Å². The Morgan fingerprint density at radius 1 is 1.38 bits per heavy atom. The molecule has 3 heteroatoms. The third-order valence-corrected chi connectivity index (χ3v) is 2.60. The molecule has 1 aromatic carbocycles. The van der Waals surface area contributed by atoms with Gasteiger partial charge in [0, 0.05) is 12.1 Å².